The fourth-order valence-electron chi connectivity index (χ4n) is 0.755. The number of rotatable bonds is 1. The Morgan fingerprint density at radius 2 is 1.13 bits per heavy atom. The van der Waals surface area contributed by atoms with E-state index in [0.29, 0.717) is 0 Å². The van der Waals surface area contributed by atoms with Crippen molar-refractivity contribution in [3.63, 3.8) is 0 Å². The molecule has 0 radical (unpaired) electrons. The van der Waals surface area contributed by atoms with Gasteiger partial charge >= 0.3 is 10.2 Å². The van der Waals surface area contributed by atoms with Crippen molar-refractivity contribution in [3.05, 3.63) is 27.2 Å². The largest absolute Gasteiger partial charge is 0.310 e. The van der Waals surface area contributed by atoms with Crippen molar-refractivity contribution in [1.29, 1.82) is 0 Å². The standard InChI is InChI=1S/C6H2Cl3F5S/c7-4-1-3(2-5(8)6(4)9)15(10,11,12,13)14/h1-2H. The van der Waals surface area contributed by atoms with Gasteiger partial charge in [0.25, 0.3) is 0 Å². The van der Waals surface area contributed by atoms with Crippen molar-refractivity contribution in [2.24, 2.45) is 0 Å². The summed E-state index contributed by atoms with van der Waals surface area (Å²) in [4.78, 5) is -2.16. The topological polar surface area (TPSA) is 0 Å². The Morgan fingerprint density at radius 1 is 0.800 bits per heavy atom. The van der Waals surface area contributed by atoms with E-state index in [1.807, 2.05) is 0 Å². The zero-order valence-electron chi connectivity index (χ0n) is 6.59. The minimum absolute atomic E-state index is 0.0529. The third-order valence-electron chi connectivity index (χ3n) is 1.40. The van der Waals surface area contributed by atoms with Gasteiger partial charge in [-0.1, -0.05) is 54.2 Å². The van der Waals surface area contributed by atoms with Gasteiger partial charge in [-0.05, 0) is 12.1 Å². The third-order valence-corrected chi connectivity index (χ3v) is 3.73. The molecule has 0 atom stereocenters. The number of halogens is 8. The molecule has 1 rings (SSSR count). The van der Waals surface area contributed by atoms with E-state index >= 15 is 0 Å². The maximum Gasteiger partial charge on any atom is 0.310 e. The first-order chi connectivity index (χ1) is 6.31. The van der Waals surface area contributed by atoms with Gasteiger partial charge in [0.1, 0.15) is 4.90 Å². The number of hydrogen-bond acceptors (Lipinski definition) is 0. The summed E-state index contributed by atoms with van der Waals surface area (Å²) >= 11 is 15.8. The normalized spacial score (nSPS) is 17.1. The van der Waals surface area contributed by atoms with Gasteiger partial charge in [-0.2, -0.15) is 0 Å². The lowest BCUT2D eigenvalue weighted by Gasteiger charge is -2.40. The molecule has 0 bridgehead atoms. The maximum absolute atomic E-state index is 12.3. The highest BCUT2D eigenvalue weighted by atomic mass is 35.5. The molecule has 1 aromatic rings. The van der Waals surface area contributed by atoms with E-state index in [1.54, 1.807) is 0 Å². The van der Waals surface area contributed by atoms with Crippen LogP contribution in [-0.4, -0.2) is 0 Å². The molecule has 9 heteroatoms. The molecule has 0 aromatic heterocycles. The highest BCUT2D eigenvalue weighted by molar-refractivity contribution is 8.45. The Kier molecular flexibility index (Phi) is 2.50. The molecule has 0 nitrogen and oxygen atoms in total. The summed E-state index contributed by atoms with van der Waals surface area (Å²) in [5.41, 5.74) is 0. The highest BCUT2D eigenvalue weighted by Crippen LogP contribution is 3.02. The molecular formula is C6H2Cl3F5S. The second-order valence-corrected chi connectivity index (χ2v) is 6.27. The van der Waals surface area contributed by atoms with E-state index in [0.717, 1.165) is 0 Å². The van der Waals surface area contributed by atoms with Crippen molar-refractivity contribution < 1.29 is 19.4 Å². The predicted molar refractivity (Wildman–Crippen MR) is 52.9 cm³/mol. The van der Waals surface area contributed by atoms with E-state index in [4.69, 9.17) is 34.8 Å². The molecule has 88 valence electrons. The van der Waals surface area contributed by atoms with Crippen LogP contribution in [0.25, 0.3) is 0 Å². The minimum atomic E-state index is -9.75. The molecule has 0 unspecified atom stereocenters. The minimum Gasteiger partial charge on any atom is -0.0936 e. The summed E-state index contributed by atoms with van der Waals surface area (Å²) in [6.45, 7) is 0. The van der Waals surface area contributed by atoms with Crippen molar-refractivity contribution in [1.82, 2.24) is 0 Å². The zero-order valence-corrected chi connectivity index (χ0v) is 9.67. The summed E-state index contributed by atoms with van der Waals surface area (Å²) in [5, 5.41) is -1.75. The van der Waals surface area contributed by atoms with Gasteiger partial charge in [-0.3, -0.25) is 0 Å². The van der Waals surface area contributed by atoms with Crippen LogP contribution < -0.4 is 0 Å². The second-order valence-electron chi connectivity index (χ2n) is 2.67. The SMILES string of the molecule is FS(F)(F)(F)(F)c1cc(Cl)c(Cl)c(Cl)c1. The van der Waals surface area contributed by atoms with Gasteiger partial charge in [0.05, 0.1) is 15.1 Å². The van der Waals surface area contributed by atoms with E-state index in [9.17, 15) is 19.4 Å². The molecule has 0 saturated carbocycles. The monoisotopic (exact) mass is 306 g/mol. The van der Waals surface area contributed by atoms with Crippen LogP contribution in [0.4, 0.5) is 19.4 Å². The van der Waals surface area contributed by atoms with Crippen LogP contribution in [0.15, 0.2) is 17.0 Å². The summed E-state index contributed by atoms with van der Waals surface area (Å²) < 4.78 is 61.4. The smallest absolute Gasteiger partial charge is 0.0936 e. The van der Waals surface area contributed by atoms with Gasteiger partial charge in [0.15, 0.2) is 0 Å². The van der Waals surface area contributed by atoms with Crippen molar-refractivity contribution in [3.8, 4) is 0 Å². The fourth-order valence-corrected chi connectivity index (χ4v) is 2.16. The number of benzene rings is 1. The molecule has 0 amide bonds. The van der Waals surface area contributed by atoms with E-state index in [1.165, 1.54) is 0 Å². The summed E-state index contributed by atoms with van der Waals surface area (Å²) in [6, 6.07) is 0.106. The van der Waals surface area contributed by atoms with Crippen molar-refractivity contribution in [2.45, 2.75) is 4.90 Å². The fraction of sp³-hybridized carbons (Fsp3) is 0. The summed E-state index contributed by atoms with van der Waals surface area (Å²) in [7, 11) is -9.75. The van der Waals surface area contributed by atoms with Crippen molar-refractivity contribution in [2.75, 3.05) is 0 Å². The average molecular weight is 307 g/mol. The summed E-state index contributed by atoms with van der Waals surface area (Å²) in [5.74, 6) is 0. The highest BCUT2D eigenvalue weighted by Gasteiger charge is 2.65. The molecule has 0 spiro atoms. The molecular weight excluding hydrogens is 305 g/mol. The Morgan fingerprint density at radius 3 is 1.40 bits per heavy atom. The molecule has 0 saturated heterocycles. The average Bonchev–Trinajstić information content (AvgIpc) is 1.94. The van der Waals surface area contributed by atoms with Crippen molar-refractivity contribution >= 4 is 45.0 Å². The van der Waals surface area contributed by atoms with Crippen LogP contribution in [0.5, 0.6) is 0 Å². The van der Waals surface area contributed by atoms with Crippen LogP contribution in [0.2, 0.25) is 15.1 Å². The van der Waals surface area contributed by atoms with Crippen LogP contribution in [0.3, 0.4) is 0 Å². The molecule has 0 aliphatic heterocycles. The van der Waals surface area contributed by atoms with Crippen LogP contribution in [-0.2, 0) is 0 Å². The van der Waals surface area contributed by atoms with Crippen LogP contribution >= 0.6 is 45.0 Å². The van der Waals surface area contributed by atoms with Gasteiger partial charge in [-0.15, -0.1) is 0 Å². The molecule has 1 aromatic carbocycles. The van der Waals surface area contributed by atoms with E-state index in [2.05, 4.69) is 0 Å². The first-order valence-corrected chi connectivity index (χ1v) is 6.28. The molecule has 15 heavy (non-hydrogen) atoms. The zero-order chi connectivity index (χ0) is 12.1. The molecule has 0 aliphatic rings. The third kappa shape index (κ3) is 3.03. The van der Waals surface area contributed by atoms with Gasteiger partial charge < -0.3 is 0 Å². The van der Waals surface area contributed by atoms with Gasteiger partial charge in [0, 0.05) is 0 Å². The second kappa shape index (κ2) is 2.85. The Hall–Kier alpha value is 0.0900. The van der Waals surface area contributed by atoms with Crippen LogP contribution in [0, 0.1) is 0 Å². The van der Waals surface area contributed by atoms with Gasteiger partial charge in [-0.25, -0.2) is 0 Å². The quantitative estimate of drug-likeness (QED) is 0.421. The van der Waals surface area contributed by atoms with Gasteiger partial charge in [0.2, 0.25) is 0 Å². The predicted octanol–water partition coefficient (Wildman–Crippen LogP) is 6.30. The number of hydrogen-bond donors (Lipinski definition) is 0. The molecule has 0 N–H and O–H groups in total. The lowest BCUT2D eigenvalue weighted by Crippen LogP contribution is -2.06. The Labute approximate surface area is 96.6 Å². The van der Waals surface area contributed by atoms with E-state index in [-0.39, 0.29) is 12.1 Å². The lowest BCUT2D eigenvalue weighted by molar-refractivity contribution is 0.364. The lowest BCUT2D eigenvalue weighted by atomic mass is 10.4. The Bertz CT molecular complexity index is 402. The molecule has 0 heterocycles. The molecule has 0 fully saturated rings. The van der Waals surface area contributed by atoms with Crippen LogP contribution in [0.1, 0.15) is 0 Å². The Balaban J connectivity index is 3.58. The summed E-state index contributed by atoms with van der Waals surface area (Å²) in [6.07, 6.45) is 0. The molecule has 0 aliphatic carbocycles. The first-order valence-electron chi connectivity index (χ1n) is 3.20. The maximum atomic E-state index is 12.3. The first kappa shape index (κ1) is 13.2. The van der Waals surface area contributed by atoms with E-state index < -0.39 is 30.2 Å².